The molecule has 2 atom stereocenters. The predicted molar refractivity (Wildman–Crippen MR) is 92.5 cm³/mol. The molecule has 1 aromatic carbocycles. The molecule has 0 radical (unpaired) electrons. The van der Waals surface area contributed by atoms with Crippen molar-refractivity contribution in [3.8, 4) is 0 Å². The van der Waals surface area contributed by atoms with Crippen LogP contribution < -0.4 is 0 Å². The van der Waals surface area contributed by atoms with Crippen LogP contribution >= 0.6 is 0 Å². The van der Waals surface area contributed by atoms with Crippen molar-refractivity contribution < 1.29 is 4.74 Å². The molecule has 3 heterocycles. The summed E-state index contributed by atoms with van der Waals surface area (Å²) in [6.07, 6.45) is 4.28. The molecule has 0 spiro atoms. The van der Waals surface area contributed by atoms with Crippen LogP contribution in [-0.2, 0) is 24.3 Å². The van der Waals surface area contributed by atoms with E-state index in [4.69, 9.17) is 4.74 Å². The summed E-state index contributed by atoms with van der Waals surface area (Å²) in [6.45, 7) is 8.21. The van der Waals surface area contributed by atoms with Gasteiger partial charge >= 0.3 is 0 Å². The number of likely N-dealkylation sites (tertiary alicyclic amines) is 1. The molecule has 1 aromatic heterocycles. The third-order valence-corrected chi connectivity index (χ3v) is 5.09. The summed E-state index contributed by atoms with van der Waals surface area (Å²) in [7, 11) is 0. The van der Waals surface area contributed by atoms with Crippen LogP contribution in [0.15, 0.2) is 30.5 Å². The van der Waals surface area contributed by atoms with Crippen LogP contribution in [0, 0.1) is 5.92 Å². The lowest BCUT2D eigenvalue weighted by Crippen LogP contribution is -2.48. The highest BCUT2D eigenvalue weighted by Gasteiger charge is 2.36. The standard InChI is InChI=1S/C19H26N4O/c1-14(2)9-15-3-5-16(6-4-15)11-22-8-7-18-19(12-22)24-13-17-10-20-21-23(17)18/h3-6,10,14,18-19H,7-9,11-13H2,1-2H3/t18-,19-/m1/s1. The highest BCUT2D eigenvalue weighted by molar-refractivity contribution is 5.23. The molecule has 0 unspecified atom stereocenters. The van der Waals surface area contributed by atoms with E-state index in [-0.39, 0.29) is 6.10 Å². The van der Waals surface area contributed by atoms with Gasteiger partial charge in [0, 0.05) is 19.6 Å². The average molecular weight is 326 g/mol. The third-order valence-electron chi connectivity index (χ3n) is 5.09. The van der Waals surface area contributed by atoms with Crippen molar-refractivity contribution in [2.75, 3.05) is 13.1 Å². The molecule has 1 saturated heterocycles. The Morgan fingerprint density at radius 1 is 1.21 bits per heavy atom. The lowest BCUT2D eigenvalue weighted by Gasteiger charge is -2.41. The van der Waals surface area contributed by atoms with E-state index in [1.54, 1.807) is 0 Å². The molecule has 0 aliphatic carbocycles. The molecule has 128 valence electrons. The second-order valence-electron chi connectivity index (χ2n) is 7.52. The van der Waals surface area contributed by atoms with Crippen LogP contribution in [-0.4, -0.2) is 39.1 Å². The number of hydrogen-bond acceptors (Lipinski definition) is 4. The number of nitrogens with zero attached hydrogens (tertiary/aromatic N) is 4. The van der Waals surface area contributed by atoms with Gasteiger partial charge in [-0.05, 0) is 29.9 Å². The van der Waals surface area contributed by atoms with Crippen molar-refractivity contribution >= 4 is 0 Å². The topological polar surface area (TPSA) is 43.2 Å². The van der Waals surface area contributed by atoms with E-state index in [0.717, 1.165) is 38.2 Å². The molecule has 5 nitrogen and oxygen atoms in total. The Labute approximate surface area is 143 Å². The zero-order valence-corrected chi connectivity index (χ0v) is 14.6. The van der Waals surface area contributed by atoms with Crippen molar-refractivity contribution in [2.24, 2.45) is 5.92 Å². The van der Waals surface area contributed by atoms with Crippen molar-refractivity contribution in [1.29, 1.82) is 0 Å². The van der Waals surface area contributed by atoms with Gasteiger partial charge in [0.1, 0.15) is 0 Å². The molecule has 0 N–H and O–H groups in total. The molecule has 0 bridgehead atoms. The van der Waals surface area contributed by atoms with Gasteiger partial charge in [0.2, 0.25) is 0 Å². The minimum atomic E-state index is 0.230. The Kier molecular flexibility index (Phi) is 4.37. The van der Waals surface area contributed by atoms with Gasteiger partial charge < -0.3 is 4.74 Å². The quantitative estimate of drug-likeness (QED) is 0.866. The van der Waals surface area contributed by atoms with Crippen molar-refractivity contribution in [3.63, 3.8) is 0 Å². The molecule has 2 aliphatic heterocycles. The van der Waals surface area contributed by atoms with E-state index < -0.39 is 0 Å². The fourth-order valence-corrected chi connectivity index (χ4v) is 3.91. The summed E-state index contributed by atoms with van der Waals surface area (Å²) in [4.78, 5) is 2.50. The van der Waals surface area contributed by atoms with E-state index >= 15 is 0 Å². The molecule has 2 aliphatic rings. The summed E-state index contributed by atoms with van der Waals surface area (Å²) < 4.78 is 8.13. The van der Waals surface area contributed by atoms with E-state index in [9.17, 15) is 0 Å². The van der Waals surface area contributed by atoms with Gasteiger partial charge in [0.25, 0.3) is 0 Å². The molecular formula is C19H26N4O. The maximum absolute atomic E-state index is 6.05. The number of rotatable bonds is 4. The highest BCUT2D eigenvalue weighted by Crippen LogP contribution is 2.31. The van der Waals surface area contributed by atoms with Gasteiger partial charge in [-0.1, -0.05) is 43.3 Å². The maximum atomic E-state index is 6.05. The number of hydrogen-bond donors (Lipinski definition) is 0. The van der Waals surface area contributed by atoms with Crippen LogP contribution in [0.2, 0.25) is 0 Å². The molecule has 0 amide bonds. The lowest BCUT2D eigenvalue weighted by molar-refractivity contribution is -0.0704. The molecule has 4 rings (SSSR count). The van der Waals surface area contributed by atoms with Gasteiger partial charge in [0.05, 0.1) is 30.6 Å². The van der Waals surface area contributed by atoms with Gasteiger partial charge in [0.15, 0.2) is 0 Å². The summed E-state index contributed by atoms with van der Waals surface area (Å²) in [5.41, 5.74) is 3.92. The highest BCUT2D eigenvalue weighted by atomic mass is 16.5. The Hall–Kier alpha value is -1.72. The largest absolute Gasteiger partial charge is 0.368 e. The number of benzene rings is 1. The zero-order valence-electron chi connectivity index (χ0n) is 14.6. The lowest BCUT2D eigenvalue weighted by atomic mass is 9.99. The van der Waals surface area contributed by atoms with E-state index in [0.29, 0.717) is 18.6 Å². The minimum Gasteiger partial charge on any atom is -0.368 e. The molecule has 2 aromatic rings. The number of ether oxygens (including phenoxy) is 1. The van der Waals surface area contributed by atoms with E-state index in [1.807, 2.05) is 6.20 Å². The summed E-state index contributed by atoms with van der Waals surface area (Å²) in [5, 5.41) is 8.28. The molecule has 0 saturated carbocycles. The molecular weight excluding hydrogens is 300 g/mol. The first kappa shape index (κ1) is 15.8. The van der Waals surface area contributed by atoms with Crippen LogP contribution in [0.3, 0.4) is 0 Å². The van der Waals surface area contributed by atoms with Crippen molar-refractivity contribution in [1.82, 2.24) is 19.9 Å². The van der Waals surface area contributed by atoms with Crippen molar-refractivity contribution in [3.05, 3.63) is 47.3 Å². The van der Waals surface area contributed by atoms with Crippen LogP contribution in [0.4, 0.5) is 0 Å². The fraction of sp³-hybridized carbons (Fsp3) is 0.579. The smallest absolute Gasteiger partial charge is 0.0932 e. The Balaban J connectivity index is 1.38. The number of piperidine rings is 1. The summed E-state index contributed by atoms with van der Waals surface area (Å²) >= 11 is 0. The Bertz CT molecular complexity index is 679. The van der Waals surface area contributed by atoms with Crippen molar-refractivity contribution in [2.45, 2.75) is 52.0 Å². The van der Waals surface area contributed by atoms with E-state index in [1.165, 1.54) is 11.1 Å². The minimum absolute atomic E-state index is 0.230. The SMILES string of the molecule is CC(C)Cc1ccc(CN2CC[C@@H]3[C@@H](C2)OCc2cnnn23)cc1. The Morgan fingerprint density at radius 2 is 2.00 bits per heavy atom. The van der Waals surface area contributed by atoms with Crippen LogP contribution in [0.1, 0.15) is 43.1 Å². The van der Waals surface area contributed by atoms with Crippen LogP contribution in [0.25, 0.3) is 0 Å². The first-order valence-electron chi connectivity index (χ1n) is 9.00. The first-order chi connectivity index (χ1) is 11.7. The summed E-state index contributed by atoms with van der Waals surface area (Å²) in [6, 6.07) is 9.46. The monoisotopic (exact) mass is 326 g/mol. The van der Waals surface area contributed by atoms with E-state index in [2.05, 4.69) is 58.0 Å². The number of fused-ring (bicyclic) bond motifs is 3. The summed E-state index contributed by atoms with van der Waals surface area (Å²) in [5.74, 6) is 0.708. The van der Waals surface area contributed by atoms with Gasteiger partial charge in [-0.25, -0.2) is 4.68 Å². The van der Waals surface area contributed by atoms with Gasteiger partial charge in [-0.15, -0.1) is 5.10 Å². The molecule has 24 heavy (non-hydrogen) atoms. The fourth-order valence-electron chi connectivity index (χ4n) is 3.91. The van der Waals surface area contributed by atoms with Gasteiger partial charge in [-0.3, -0.25) is 4.90 Å². The third kappa shape index (κ3) is 3.23. The average Bonchev–Trinajstić information content (AvgIpc) is 3.05. The van der Waals surface area contributed by atoms with Gasteiger partial charge in [-0.2, -0.15) is 0 Å². The second kappa shape index (κ2) is 6.65. The number of aromatic nitrogens is 3. The Morgan fingerprint density at radius 3 is 2.79 bits per heavy atom. The second-order valence-corrected chi connectivity index (χ2v) is 7.52. The zero-order chi connectivity index (χ0) is 16.5. The first-order valence-corrected chi connectivity index (χ1v) is 9.00. The molecule has 1 fully saturated rings. The normalized spacial score (nSPS) is 24.0. The maximum Gasteiger partial charge on any atom is 0.0932 e. The predicted octanol–water partition coefficient (Wildman–Crippen LogP) is 2.82. The van der Waals surface area contributed by atoms with Crippen LogP contribution in [0.5, 0.6) is 0 Å². The molecule has 5 heteroatoms.